The van der Waals surface area contributed by atoms with Crippen LogP contribution in [0.25, 0.3) is 0 Å². The number of hydrogen-bond donors (Lipinski definition) is 1. The van der Waals surface area contributed by atoms with Gasteiger partial charge in [0.05, 0.1) is 0 Å². The maximum atomic E-state index is 8.54. The Morgan fingerprint density at radius 2 is 0.778 bits per heavy atom. The van der Waals surface area contributed by atoms with E-state index in [0.29, 0.717) is 6.61 Å². The van der Waals surface area contributed by atoms with Gasteiger partial charge in [-0.2, -0.15) is 0 Å². The van der Waals surface area contributed by atoms with Crippen molar-refractivity contribution in [2.24, 2.45) is 0 Å². The summed E-state index contributed by atoms with van der Waals surface area (Å²) in [6.07, 6.45) is 11.8. The number of hydrogen-bond acceptors (Lipinski definition) is 1. The van der Waals surface area contributed by atoms with Crippen LogP contribution in [0.5, 0.6) is 0 Å². The van der Waals surface area contributed by atoms with Gasteiger partial charge in [-0.1, -0.05) is 58.3 Å². The van der Waals surface area contributed by atoms with Crippen molar-refractivity contribution in [3.63, 3.8) is 0 Å². The van der Waals surface area contributed by atoms with Crippen LogP contribution in [0.4, 0.5) is 0 Å². The predicted molar refractivity (Wildman–Crippen MR) is 54.3 cm³/mol. The van der Waals surface area contributed by atoms with Crippen LogP contribution in [0.3, 0.4) is 0 Å². The zero-order valence-electron chi connectivity index (χ0n) is 12.0. The largest absolute Gasteiger partial charge is 0.396 e. The Labute approximate surface area is 314 Å². The summed E-state index contributed by atoms with van der Waals surface area (Å²) in [5.41, 5.74) is 0. The molecule has 0 atom stereocenters. The van der Waals surface area contributed by atoms with Crippen LogP contribution in [0.2, 0.25) is 0 Å². The van der Waals surface area contributed by atoms with Gasteiger partial charge < -0.3 is 5.11 Å². The molecule has 1 N–H and O–H groups in total. The smallest absolute Gasteiger partial charge is 0.0431 e. The van der Waals surface area contributed by atoms with E-state index in [1.807, 2.05) is 0 Å². The van der Waals surface area contributed by atoms with E-state index in [0.717, 1.165) is 6.42 Å². The van der Waals surface area contributed by atoms with E-state index in [-0.39, 0.29) is 248 Å². The standard InChI is InChI=1S/C11H24O.6Pr/c1-2-3-4-5-6-7-8-9-10-11-12;;;;;;/h12H,2-11H2,1H3;;;;;;. The monoisotopic (exact) mass is 1020 g/mol. The first-order valence-electron chi connectivity index (χ1n) is 5.52. The Morgan fingerprint density at radius 1 is 0.500 bits per heavy atom. The molecule has 0 unspecified atom stereocenters. The molecule has 0 rings (SSSR count). The normalized spacial score (nSPS) is 7.00. The molecule has 1 nitrogen and oxygen atoms in total. The van der Waals surface area contributed by atoms with Crippen molar-refractivity contribution in [3.05, 3.63) is 0 Å². The van der Waals surface area contributed by atoms with E-state index in [9.17, 15) is 0 Å². The summed E-state index contributed by atoms with van der Waals surface area (Å²) >= 11 is 0. The molecule has 7 heteroatoms. The van der Waals surface area contributed by atoms with Crippen molar-refractivity contribution in [2.45, 2.75) is 64.7 Å². The first kappa shape index (κ1) is 45.1. The third-order valence-electron chi connectivity index (χ3n) is 2.26. The Bertz CT molecular complexity index is 77.9. The van der Waals surface area contributed by atoms with E-state index in [2.05, 4.69) is 6.92 Å². The fourth-order valence-corrected chi connectivity index (χ4v) is 1.42. The fourth-order valence-electron chi connectivity index (χ4n) is 1.42. The van der Waals surface area contributed by atoms with Crippen LogP contribution in [0.1, 0.15) is 64.7 Å². The van der Waals surface area contributed by atoms with Crippen molar-refractivity contribution in [3.8, 4) is 0 Å². The molecule has 0 aromatic rings. The minimum atomic E-state index is 0. The van der Waals surface area contributed by atoms with Gasteiger partial charge in [-0.15, -0.1) is 0 Å². The van der Waals surface area contributed by atoms with Crippen molar-refractivity contribution < 1.29 is 253 Å². The van der Waals surface area contributed by atoms with Crippen LogP contribution >= 0.6 is 0 Å². The average molecular weight is 1020 g/mol. The van der Waals surface area contributed by atoms with Gasteiger partial charge in [0.25, 0.3) is 0 Å². The summed E-state index contributed by atoms with van der Waals surface area (Å²) < 4.78 is 0. The first-order valence-corrected chi connectivity index (χ1v) is 5.52. The molecule has 18 heavy (non-hydrogen) atoms. The maximum Gasteiger partial charge on any atom is 0.0431 e. The van der Waals surface area contributed by atoms with E-state index in [4.69, 9.17) is 5.11 Å². The molecular formula is C11H24OPr6. The third kappa shape index (κ3) is 44.0. The van der Waals surface area contributed by atoms with Crippen LogP contribution in [-0.2, 0) is 0 Å². The van der Waals surface area contributed by atoms with Gasteiger partial charge in [-0.25, -0.2) is 0 Å². The van der Waals surface area contributed by atoms with Crippen LogP contribution in [0, 0.1) is 248 Å². The number of unbranched alkanes of at least 4 members (excludes halogenated alkanes) is 8. The molecule has 0 fully saturated rings. The van der Waals surface area contributed by atoms with E-state index >= 15 is 0 Å². The summed E-state index contributed by atoms with van der Waals surface area (Å²) in [5.74, 6) is 0. The Morgan fingerprint density at radius 3 is 1.06 bits per heavy atom. The average Bonchev–Trinajstić information content (AvgIpc) is 2.10. The molecule has 0 saturated carbocycles. The first-order chi connectivity index (χ1) is 5.91. The topological polar surface area (TPSA) is 20.2 Å². The van der Waals surface area contributed by atoms with Crippen molar-refractivity contribution >= 4 is 0 Å². The summed E-state index contributed by atoms with van der Waals surface area (Å²) in [5, 5.41) is 8.54. The quantitative estimate of drug-likeness (QED) is 0.352. The second kappa shape index (κ2) is 44.5. The molecular weight excluding hydrogens is 994 g/mol. The molecule has 0 aliphatic heterocycles. The van der Waals surface area contributed by atoms with Gasteiger partial charge in [-0.3, -0.25) is 0 Å². The molecule has 92 valence electrons. The predicted octanol–water partition coefficient (Wildman–Crippen LogP) is 3.51. The summed E-state index contributed by atoms with van der Waals surface area (Å²) in [4.78, 5) is 0. The van der Waals surface area contributed by atoms with E-state index < -0.39 is 0 Å². The summed E-state index contributed by atoms with van der Waals surface area (Å²) in [6, 6.07) is 0. The van der Waals surface area contributed by atoms with E-state index in [1.165, 1.54) is 51.4 Å². The second-order valence-corrected chi connectivity index (χ2v) is 3.55. The van der Waals surface area contributed by atoms with Crippen molar-refractivity contribution in [1.82, 2.24) is 0 Å². The van der Waals surface area contributed by atoms with Gasteiger partial charge in [0, 0.05) is 254 Å². The Kier molecular flexibility index (Phi) is 112. The molecule has 0 bridgehead atoms. The molecule has 0 heterocycles. The van der Waals surface area contributed by atoms with Crippen molar-refractivity contribution in [2.75, 3.05) is 6.61 Å². The third-order valence-corrected chi connectivity index (χ3v) is 2.26. The van der Waals surface area contributed by atoms with Gasteiger partial charge in [0.15, 0.2) is 0 Å². The SMILES string of the molecule is CCCCCCCCCCCO.[Pr].[Pr].[Pr].[Pr].[Pr].[Pr]. The van der Waals surface area contributed by atoms with Crippen molar-refractivity contribution in [1.29, 1.82) is 0 Å². The molecule has 0 aliphatic rings. The minimum Gasteiger partial charge on any atom is -0.396 e. The number of aliphatic hydroxyl groups excluding tert-OH is 1. The molecule has 0 aromatic carbocycles. The van der Waals surface area contributed by atoms with Gasteiger partial charge in [0.2, 0.25) is 0 Å². The molecule has 6 radical (unpaired) electrons. The van der Waals surface area contributed by atoms with Gasteiger partial charge >= 0.3 is 0 Å². The second-order valence-electron chi connectivity index (χ2n) is 3.55. The summed E-state index contributed by atoms with van der Waals surface area (Å²) in [7, 11) is 0. The Hall–Kier alpha value is 8.14. The van der Waals surface area contributed by atoms with Gasteiger partial charge in [0.1, 0.15) is 0 Å². The van der Waals surface area contributed by atoms with Crippen LogP contribution in [0.15, 0.2) is 0 Å². The van der Waals surface area contributed by atoms with Crippen LogP contribution < -0.4 is 0 Å². The van der Waals surface area contributed by atoms with Gasteiger partial charge in [-0.05, 0) is 6.42 Å². The fraction of sp³-hybridized carbons (Fsp3) is 1.00. The number of rotatable bonds is 9. The summed E-state index contributed by atoms with van der Waals surface area (Å²) in [6.45, 7) is 2.62. The Balaban J connectivity index is -0.0000000403. The molecule has 0 aliphatic carbocycles. The minimum absolute atomic E-state index is 0. The maximum absolute atomic E-state index is 8.54. The molecule has 0 spiro atoms. The molecule has 0 saturated heterocycles. The molecule has 0 aromatic heterocycles. The molecule has 0 amide bonds. The van der Waals surface area contributed by atoms with Crippen LogP contribution in [-0.4, -0.2) is 11.7 Å². The zero-order valence-corrected chi connectivity index (χ0v) is 34.2. The van der Waals surface area contributed by atoms with E-state index in [1.54, 1.807) is 0 Å². The number of aliphatic hydroxyl groups is 1. The zero-order chi connectivity index (χ0) is 9.07.